The van der Waals surface area contributed by atoms with Crippen molar-refractivity contribution in [3.63, 3.8) is 0 Å². The van der Waals surface area contributed by atoms with Gasteiger partial charge in [0.05, 0.1) is 18.8 Å². The molecule has 3 N–H and O–H groups in total. The summed E-state index contributed by atoms with van der Waals surface area (Å²) in [5, 5.41) is 23.1. The number of carbonyl (C=O) groups is 1. The number of aliphatic hydroxyl groups excluding tert-OH is 2. The molecule has 0 bridgehead atoms. The first-order chi connectivity index (χ1) is 27.7. The second-order valence-corrected chi connectivity index (χ2v) is 16.5. The molecule has 0 aromatic carbocycles. The SMILES string of the molecule is CCCCCCC/C=C\C/C=C\C/C=C\CCCCCCCCCCCCC(=O)NC(CO)C(O)/C=C/CC/C=C/CCCCCCCCCCCCCCC. The van der Waals surface area contributed by atoms with Crippen molar-refractivity contribution in [3.05, 3.63) is 60.8 Å². The van der Waals surface area contributed by atoms with Crippen molar-refractivity contribution < 1.29 is 15.0 Å². The van der Waals surface area contributed by atoms with E-state index in [9.17, 15) is 15.0 Å². The number of hydrogen-bond acceptors (Lipinski definition) is 3. The molecule has 0 aliphatic heterocycles. The lowest BCUT2D eigenvalue weighted by atomic mass is 10.0. The third kappa shape index (κ3) is 43.2. The molecule has 0 saturated heterocycles. The fraction of sp³-hybridized carbons (Fsp3) is 0.788. The van der Waals surface area contributed by atoms with Gasteiger partial charge in [-0.25, -0.2) is 0 Å². The largest absolute Gasteiger partial charge is 0.394 e. The molecule has 0 heterocycles. The van der Waals surface area contributed by atoms with Gasteiger partial charge in [0.2, 0.25) is 5.91 Å². The summed E-state index contributed by atoms with van der Waals surface area (Å²) in [6.07, 6.45) is 66.3. The molecular formula is C52H95NO3. The maximum Gasteiger partial charge on any atom is 0.220 e. The molecule has 0 spiro atoms. The van der Waals surface area contributed by atoms with Crippen LogP contribution in [0.1, 0.15) is 245 Å². The van der Waals surface area contributed by atoms with Crippen LogP contribution in [0.4, 0.5) is 0 Å². The molecule has 0 aliphatic carbocycles. The van der Waals surface area contributed by atoms with Crippen LogP contribution in [-0.2, 0) is 4.79 Å². The van der Waals surface area contributed by atoms with Gasteiger partial charge in [0.15, 0.2) is 0 Å². The van der Waals surface area contributed by atoms with Crippen molar-refractivity contribution >= 4 is 5.91 Å². The number of hydrogen-bond donors (Lipinski definition) is 3. The maximum absolute atomic E-state index is 12.4. The lowest BCUT2D eigenvalue weighted by Crippen LogP contribution is -2.45. The Morgan fingerprint density at radius 1 is 0.429 bits per heavy atom. The van der Waals surface area contributed by atoms with E-state index in [0.29, 0.717) is 6.42 Å². The molecule has 2 atom stereocenters. The van der Waals surface area contributed by atoms with Crippen molar-refractivity contribution in [2.24, 2.45) is 0 Å². The van der Waals surface area contributed by atoms with Gasteiger partial charge in [-0.05, 0) is 70.6 Å². The van der Waals surface area contributed by atoms with Crippen LogP contribution in [-0.4, -0.2) is 34.9 Å². The van der Waals surface area contributed by atoms with Crippen molar-refractivity contribution in [1.29, 1.82) is 0 Å². The van der Waals surface area contributed by atoms with E-state index >= 15 is 0 Å². The second-order valence-electron chi connectivity index (χ2n) is 16.5. The summed E-state index contributed by atoms with van der Waals surface area (Å²) in [5.74, 6) is -0.0783. The Balaban J connectivity index is 3.60. The van der Waals surface area contributed by atoms with Crippen molar-refractivity contribution in [3.8, 4) is 0 Å². The molecule has 0 aromatic rings. The van der Waals surface area contributed by atoms with Crippen molar-refractivity contribution in [2.75, 3.05) is 6.61 Å². The maximum atomic E-state index is 12.4. The van der Waals surface area contributed by atoms with Gasteiger partial charge in [-0.2, -0.15) is 0 Å². The zero-order chi connectivity index (χ0) is 40.7. The predicted octanol–water partition coefficient (Wildman–Crippen LogP) is 15.7. The highest BCUT2D eigenvalue weighted by atomic mass is 16.3. The molecule has 0 aliphatic rings. The quantitative estimate of drug-likeness (QED) is 0.0426. The number of allylic oxidation sites excluding steroid dienone is 9. The Hall–Kier alpha value is -1.91. The van der Waals surface area contributed by atoms with Crippen molar-refractivity contribution in [2.45, 2.75) is 257 Å². The Labute approximate surface area is 349 Å². The summed E-state index contributed by atoms with van der Waals surface area (Å²) in [6, 6.07) is -0.643. The highest BCUT2D eigenvalue weighted by molar-refractivity contribution is 5.76. The van der Waals surface area contributed by atoms with E-state index in [2.05, 4.69) is 67.8 Å². The van der Waals surface area contributed by atoms with Gasteiger partial charge >= 0.3 is 0 Å². The molecule has 2 unspecified atom stereocenters. The van der Waals surface area contributed by atoms with Gasteiger partial charge in [0.25, 0.3) is 0 Å². The Morgan fingerprint density at radius 3 is 1.16 bits per heavy atom. The summed E-state index contributed by atoms with van der Waals surface area (Å²) in [6.45, 7) is 4.29. The van der Waals surface area contributed by atoms with Crippen LogP contribution < -0.4 is 5.32 Å². The van der Waals surface area contributed by atoms with Crippen LogP contribution in [0.2, 0.25) is 0 Å². The van der Waals surface area contributed by atoms with Crippen LogP contribution in [0, 0.1) is 0 Å². The monoisotopic (exact) mass is 782 g/mol. The number of carbonyl (C=O) groups excluding carboxylic acids is 1. The Bertz CT molecular complexity index is 934. The molecule has 56 heavy (non-hydrogen) atoms. The first-order valence-corrected chi connectivity index (χ1v) is 24.5. The zero-order valence-electron chi connectivity index (χ0n) is 37.4. The number of unbranched alkanes of at least 4 members (excludes halogenated alkanes) is 29. The van der Waals surface area contributed by atoms with E-state index in [1.54, 1.807) is 6.08 Å². The molecule has 326 valence electrons. The number of amides is 1. The highest BCUT2D eigenvalue weighted by Gasteiger charge is 2.17. The summed E-state index contributed by atoms with van der Waals surface area (Å²) < 4.78 is 0. The minimum atomic E-state index is -0.866. The summed E-state index contributed by atoms with van der Waals surface area (Å²) >= 11 is 0. The van der Waals surface area contributed by atoms with Crippen molar-refractivity contribution in [1.82, 2.24) is 5.32 Å². The van der Waals surface area contributed by atoms with Gasteiger partial charge in [0, 0.05) is 6.42 Å². The Kier molecular flexibility index (Phi) is 45.8. The first-order valence-electron chi connectivity index (χ1n) is 24.5. The molecule has 0 radical (unpaired) electrons. The standard InChI is InChI=1S/C52H95NO3/c1-3-5-7-9-11-13-15-17-19-21-23-24-25-26-27-28-30-32-34-36-38-40-42-44-46-48-52(56)53-50(49-54)51(55)47-45-43-41-39-37-35-33-31-29-22-20-18-16-14-12-10-8-6-4-2/h15,17,21,23,25-26,37,39,45,47,50-51,54-55H,3-14,16,18-20,22,24,27-36,38,40-44,46,48-49H2,1-2H3,(H,53,56)/b17-15-,23-21-,26-25-,39-37+,47-45+. The van der Waals surface area contributed by atoms with E-state index in [4.69, 9.17) is 0 Å². The van der Waals surface area contributed by atoms with Crippen LogP contribution in [0.5, 0.6) is 0 Å². The second kappa shape index (κ2) is 47.5. The molecule has 0 rings (SSSR count). The smallest absolute Gasteiger partial charge is 0.220 e. The molecule has 4 heteroatoms. The summed E-state index contributed by atoms with van der Waals surface area (Å²) in [4.78, 5) is 12.4. The topological polar surface area (TPSA) is 69.6 Å². The average molecular weight is 782 g/mol. The fourth-order valence-corrected chi connectivity index (χ4v) is 7.20. The van der Waals surface area contributed by atoms with Crippen LogP contribution >= 0.6 is 0 Å². The molecule has 4 nitrogen and oxygen atoms in total. The lowest BCUT2D eigenvalue weighted by molar-refractivity contribution is -0.123. The molecule has 1 amide bonds. The lowest BCUT2D eigenvalue weighted by Gasteiger charge is -2.19. The number of nitrogens with one attached hydrogen (secondary N) is 1. The normalized spacial score (nSPS) is 13.4. The molecule has 0 fully saturated rings. The number of aliphatic hydroxyl groups is 2. The van der Waals surface area contributed by atoms with Crippen LogP contribution in [0.3, 0.4) is 0 Å². The van der Waals surface area contributed by atoms with Gasteiger partial charge in [-0.3, -0.25) is 4.79 Å². The van der Waals surface area contributed by atoms with E-state index in [0.717, 1.165) is 44.9 Å². The average Bonchev–Trinajstić information content (AvgIpc) is 3.20. The van der Waals surface area contributed by atoms with Gasteiger partial charge in [0.1, 0.15) is 0 Å². The summed E-state index contributed by atoms with van der Waals surface area (Å²) in [7, 11) is 0. The van der Waals surface area contributed by atoms with E-state index in [-0.39, 0.29) is 12.5 Å². The zero-order valence-corrected chi connectivity index (χ0v) is 37.4. The first kappa shape index (κ1) is 54.1. The van der Waals surface area contributed by atoms with Gasteiger partial charge in [-0.1, -0.05) is 229 Å². The number of rotatable bonds is 44. The molecular weight excluding hydrogens is 687 g/mol. The third-order valence-electron chi connectivity index (χ3n) is 11.0. The minimum Gasteiger partial charge on any atom is -0.394 e. The minimum absolute atomic E-state index is 0.0783. The van der Waals surface area contributed by atoms with E-state index in [1.807, 2.05) is 6.08 Å². The van der Waals surface area contributed by atoms with Crippen LogP contribution in [0.25, 0.3) is 0 Å². The van der Waals surface area contributed by atoms with Gasteiger partial charge in [-0.15, -0.1) is 0 Å². The Morgan fingerprint density at radius 2 is 0.750 bits per heavy atom. The molecule has 0 saturated carbocycles. The summed E-state index contributed by atoms with van der Waals surface area (Å²) in [5.41, 5.74) is 0. The highest BCUT2D eigenvalue weighted by Crippen LogP contribution is 2.15. The fourth-order valence-electron chi connectivity index (χ4n) is 7.20. The predicted molar refractivity (Wildman–Crippen MR) is 248 cm³/mol. The van der Waals surface area contributed by atoms with E-state index in [1.165, 1.54) is 180 Å². The third-order valence-corrected chi connectivity index (χ3v) is 11.0. The van der Waals surface area contributed by atoms with Gasteiger partial charge < -0.3 is 15.5 Å². The van der Waals surface area contributed by atoms with E-state index < -0.39 is 12.1 Å². The molecule has 0 aromatic heterocycles. The van der Waals surface area contributed by atoms with Crippen LogP contribution in [0.15, 0.2) is 60.8 Å².